The van der Waals surface area contributed by atoms with Crippen LogP contribution in [0.2, 0.25) is 0 Å². The van der Waals surface area contributed by atoms with Gasteiger partial charge in [-0.1, -0.05) is 243 Å². The van der Waals surface area contributed by atoms with E-state index >= 15 is 0 Å². The van der Waals surface area contributed by atoms with Crippen LogP contribution in [-0.4, -0.2) is 28.2 Å². The third kappa shape index (κ3) is 10.0. The molecule has 0 amide bonds. The summed E-state index contributed by atoms with van der Waals surface area (Å²) >= 11 is 0. The lowest BCUT2D eigenvalue weighted by Gasteiger charge is -2.11. The molecule has 6 heteroatoms. The van der Waals surface area contributed by atoms with E-state index in [-0.39, 0.29) is 0 Å². The van der Waals surface area contributed by atoms with Crippen molar-refractivity contribution in [1.29, 1.82) is 0 Å². The highest BCUT2D eigenvalue weighted by molar-refractivity contribution is 6.14. The smallest absolute Gasteiger partial charge is 0.0709 e. The molecule has 0 aliphatic rings. The molecule has 20 rings (SSSR count). The number of hydrogen-bond acceptors (Lipinski definition) is 2. The summed E-state index contributed by atoms with van der Waals surface area (Å²) in [6, 6.07) is 133. The van der Waals surface area contributed by atoms with Crippen LogP contribution in [0, 0.1) is 0 Å². The summed E-state index contributed by atoms with van der Waals surface area (Å²) in [4.78, 5) is 9.79. The molecular weight excluding hydrogens is 1210 g/mol. The molecule has 0 unspecified atom stereocenters. The minimum atomic E-state index is 0.964. The van der Waals surface area contributed by atoms with Crippen molar-refractivity contribution in [3.05, 3.63) is 376 Å². The Hall–Kier alpha value is -13.4. The fraction of sp³-hybridized carbons (Fsp3) is 0. The van der Waals surface area contributed by atoms with Gasteiger partial charge in [0.05, 0.1) is 61.2 Å². The summed E-state index contributed by atoms with van der Waals surface area (Å²) in [7, 11) is 0. The molecule has 0 atom stereocenters. The quantitative estimate of drug-likeness (QED) is 0.137. The Morgan fingerprint density at radius 2 is 0.460 bits per heavy atom. The maximum Gasteiger partial charge on any atom is 0.0709 e. The topological polar surface area (TPSA) is 45.5 Å². The Bertz CT molecular complexity index is 6460. The monoisotopic (exact) mass is 1270 g/mol. The number of fused-ring (bicyclic) bond motifs is 12. The summed E-state index contributed by atoms with van der Waals surface area (Å²) in [6.07, 6.45) is 1.96. The van der Waals surface area contributed by atoms with E-state index in [0.717, 1.165) is 50.7 Å². The Balaban J connectivity index is 0.000000139. The van der Waals surface area contributed by atoms with Gasteiger partial charge in [-0.15, -0.1) is 0 Å². The van der Waals surface area contributed by atoms with Gasteiger partial charge in [-0.25, -0.2) is 4.98 Å². The van der Waals surface area contributed by atoms with Crippen LogP contribution in [0.15, 0.2) is 376 Å². The summed E-state index contributed by atoms with van der Waals surface area (Å²) in [5.74, 6) is 0. The van der Waals surface area contributed by atoms with Crippen molar-refractivity contribution in [2.24, 2.45) is 0 Å². The second kappa shape index (κ2) is 24.3. The highest BCUT2D eigenvalue weighted by Crippen LogP contribution is 2.42. The van der Waals surface area contributed by atoms with Crippen molar-refractivity contribution >= 4 is 87.2 Å². The largest absolute Gasteiger partial charge is 0.309 e. The third-order valence-electron chi connectivity index (χ3n) is 19.9. The van der Waals surface area contributed by atoms with Crippen LogP contribution >= 0.6 is 0 Å². The number of benzene rings is 14. The maximum atomic E-state index is 4.99. The van der Waals surface area contributed by atoms with Crippen molar-refractivity contribution in [2.45, 2.75) is 0 Å². The van der Waals surface area contributed by atoms with Gasteiger partial charge in [0.25, 0.3) is 0 Å². The highest BCUT2D eigenvalue weighted by Gasteiger charge is 2.20. The lowest BCUT2D eigenvalue weighted by atomic mass is 10.0. The van der Waals surface area contributed by atoms with Crippen LogP contribution in [0.5, 0.6) is 0 Å². The number of aromatic nitrogens is 6. The van der Waals surface area contributed by atoms with E-state index in [9.17, 15) is 0 Å². The van der Waals surface area contributed by atoms with Crippen LogP contribution in [0.25, 0.3) is 177 Å². The fourth-order valence-electron chi connectivity index (χ4n) is 15.2. The molecule has 6 aromatic heterocycles. The lowest BCUT2D eigenvalue weighted by Crippen LogP contribution is -1.94. The Morgan fingerprint density at radius 1 is 0.160 bits per heavy atom. The number of hydrogen-bond donors (Lipinski definition) is 0. The summed E-state index contributed by atoms with van der Waals surface area (Å²) in [6.45, 7) is 0. The van der Waals surface area contributed by atoms with Gasteiger partial charge in [-0.05, 0) is 155 Å². The standard InChI is InChI=1S/2C47H31N3/c1-3-12-32(13-4-1)42-18-11-19-43(48-42)33-22-26-37(27-23-33)49-45-21-10-8-17-39(45)41-30-34(25-29-46(41)49)35-24-28-40-38-16-7-9-20-44(38)50(47(40)31-35)36-14-5-2-6-15-36;1-3-11-32(12-4-1)36-22-27-43(48-31-36)33-19-24-38(25-20-33)49-45-18-10-8-16-40(45)42-29-34(23-28-46(42)49)35-21-26-41-39-15-7-9-17-44(39)50(47(41)30-35)37-13-5-2-6-14-37/h2*1-31H. The van der Waals surface area contributed by atoms with E-state index in [0.29, 0.717) is 0 Å². The minimum Gasteiger partial charge on any atom is -0.309 e. The predicted octanol–water partition coefficient (Wildman–Crippen LogP) is 24.6. The van der Waals surface area contributed by atoms with Gasteiger partial charge >= 0.3 is 0 Å². The van der Waals surface area contributed by atoms with Crippen molar-refractivity contribution in [3.63, 3.8) is 0 Å². The predicted molar refractivity (Wildman–Crippen MR) is 418 cm³/mol. The molecule has 0 spiro atoms. The number of rotatable bonds is 10. The van der Waals surface area contributed by atoms with Gasteiger partial charge in [-0.3, -0.25) is 4.98 Å². The first-order valence-electron chi connectivity index (χ1n) is 34.1. The van der Waals surface area contributed by atoms with E-state index < -0.39 is 0 Å². The number of para-hydroxylation sites is 6. The highest BCUT2D eigenvalue weighted by atomic mass is 15.0. The molecule has 0 saturated heterocycles. The van der Waals surface area contributed by atoms with Crippen molar-refractivity contribution in [1.82, 2.24) is 28.2 Å². The second-order valence-electron chi connectivity index (χ2n) is 25.7. The molecule has 0 aliphatic carbocycles. The summed E-state index contributed by atoms with van der Waals surface area (Å²) in [5, 5.41) is 10.0. The molecule has 14 aromatic carbocycles. The zero-order valence-corrected chi connectivity index (χ0v) is 54.5. The molecule has 20 aromatic rings. The van der Waals surface area contributed by atoms with Crippen molar-refractivity contribution in [3.8, 4) is 89.9 Å². The molecular formula is C94H62N6. The van der Waals surface area contributed by atoms with Crippen LogP contribution in [0.4, 0.5) is 0 Å². The zero-order valence-electron chi connectivity index (χ0n) is 54.5. The van der Waals surface area contributed by atoms with Crippen molar-refractivity contribution in [2.75, 3.05) is 0 Å². The van der Waals surface area contributed by atoms with Gasteiger partial charge in [0.2, 0.25) is 0 Å². The molecule has 0 bridgehead atoms. The van der Waals surface area contributed by atoms with E-state index in [4.69, 9.17) is 9.97 Å². The van der Waals surface area contributed by atoms with Crippen LogP contribution in [0.1, 0.15) is 0 Å². The maximum absolute atomic E-state index is 4.99. The van der Waals surface area contributed by atoms with Gasteiger partial charge in [0.15, 0.2) is 0 Å². The molecule has 0 fully saturated rings. The first-order valence-corrected chi connectivity index (χ1v) is 34.1. The molecule has 0 saturated carbocycles. The third-order valence-corrected chi connectivity index (χ3v) is 19.9. The number of nitrogens with zero attached hydrogens (tertiary/aromatic N) is 6. The van der Waals surface area contributed by atoms with Gasteiger partial charge in [-0.2, -0.15) is 0 Å². The van der Waals surface area contributed by atoms with Crippen molar-refractivity contribution < 1.29 is 0 Å². The van der Waals surface area contributed by atoms with E-state index in [1.54, 1.807) is 0 Å². The zero-order chi connectivity index (χ0) is 66.0. The lowest BCUT2D eigenvalue weighted by molar-refractivity contribution is 1.18. The molecule has 6 nitrogen and oxygen atoms in total. The summed E-state index contributed by atoms with van der Waals surface area (Å²) in [5.41, 5.74) is 27.5. The summed E-state index contributed by atoms with van der Waals surface area (Å²) < 4.78 is 9.52. The van der Waals surface area contributed by atoms with Gasteiger partial charge < -0.3 is 18.3 Å². The Kier molecular flexibility index (Phi) is 14.1. The first kappa shape index (κ1) is 58.0. The second-order valence-corrected chi connectivity index (χ2v) is 25.7. The first-order chi connectivity index (χ1) is 49.6. The Labute approximate surface area is 578 Å². The molecule has 468 valence electrons. The Morgan fingerprint density at radius 3 is 0.890 bits per heavy atom. The van der Waals surface area contributed by atoms with Gasteiger partial charge in [0.1, 0.15) is 0 Å². The van der Waals surface area contributed by atoms with Crippen LogP contribution in [0.3, 0.4) is 0 Å². The average Bonchev–Trinajstić information content (AvgIpc) is 1.60. The molecule has 0 aliphatic heterocycles. The number of pyridine rings is 2. The van der Waals surface area contributed by atoms with Crippen LogP contribution < -0.4 is 0 Å². The van der Waals surface area contributed by atoms with E-state index in [1.165, 1.54) is 126 Å². The van der Waals surface area contributed by atoms with E-state index in [1.807, 2.05) is 18.3 Å². The molecule has 6 heterocycles. The molecule has 0 N–H and O–H groups in total. The van der Waals surface area contributed by atoms with Gasteiger partial charge in [0, 0.05) is 94.3 Å². The molecule has 0 radical (unpaired) electrons. The fourth-order valence-corrected chi connectivity index (χ4v) is 15.2. The average molecular weight is 1280 g/mol. The minimum absolute atomic E-state index is 0.964. The van der Waals surface area contributed by atoms with Crippen LogP contribution in [-0.2, 0) is 0 Å². The molecule has 100 heavy (non-hydrogen) atoms. The normalized spacial score (nSPS) is 11.6. The van der Waals surface area contributed by atoms with E-state index in [2.05, 4.69) is 376 Å². The SMILES string of the molecule is c1ccc(-c2ccc(-c3ccc(-n4c5ccccc5c5cc(-c6ccc7c8ccccc8n(-c8ccccc8)c7c6)ccc54)cc3)nc2)cc1.c1ccc(-c2cccc(-c3ccc(-n4c5ccccc5c5cc(-c6ccc7c8ccccc8n(-c8ccccc8)c7c6)ccc54)cc3)n2)cc1.